The van der Waals surface area contributed by atoms with Crippen molar-refractivity contribution in [1.29, 1.82) is 0 Å². The van der Waals surface area contributed by atoms with Gasteiger partial charge in [-0.1, -0.05) is 86.5 Å². The highest BCUT2D eigenvalue weighted by atomic mass is 28.4. The van der Waals surface area contributed by atoms with Gasteiger partial charge in [0.2, 0.25) is 0 Å². The number of rotatable bonds is 13. The summed E-state index contributed by atoms with van der Waals surface area (Å²) in [6, 6.07) is 19.0. The van der Waals surface area contributed by atoms with Crippen LogP contribution in [0.15, 0.2) is 65.8 Å². The molecule has 3 rings (SSSR count). The zero-order chi connectivity index (χ0) is 28.0. The van der Waals surface area contributed by atoms with Gasteiger partial charge in [-0.25, -0.2) is 4.79 Å². The van der Waals surface area contributed by atoms with Gasteiger partial charge >= 0.3 is 6.09 Å². The normalized spacial score (nSPS) is 20.5. The molecule has 1 saturated heterocycles. The zero-order valence-corrected chi connectivity index (χ0v) is 24.1. The summed E-state index contributed by atoms with van der Waals surface area (Å²) >= 11 is 0. The highest BCUT2D eigenvalue weighted by molar-refractivity contribution is 6.98. The summed E-state index contributed by atoms with van der Waals surface area (Å²) in [6.45, 7) is 10.3. The Hall–Kier alpha value is -3.13. The second kappa shape index (κ2) is 12.2. The van der Waals surface area contributed by atoms with Gasteiger partial charge in [-0.3, -0.25) is 9.69 Å². The average Bonchev–Trinajstić information content (AvgIpc) is 3.17. The van der Waals surface area contributed by atoms with Gasteiger partial charge in [0.05, 0.1) is 0 Å². The van der Waals surface area contributed by atoms with Gasteiger partial charge < -0.3 is 9.53 Å². The zero-order valence-electron chi connectivity index (χ0n) is 23.1. The first-order valence-electron chi connectivity index (χ1n) is 13.4. The third-order valence-electron chi connectivity index (χ3n) is 8.17. The number of unbranched alkanes of at least 4 members (excludes halogenated alkanes) is 1. The predicted octanol–water partition coefficient (Wildman–Crippen LogP) is 5.19. The number of nitrogens with zero attached hydrogens (tertiary/aromatic N) is 4. The van der Waals surface area contributed by atoms with Gasteiger partial charge in [-0.2, -0.15) is 0 Å². The third-order valence-corrected chi connectivity index (χ3v) is 12.7. The molecule has 1 aliphatic rings. The van der Waals surface area contributed by atoms with E-state index in [0.29, 0.717) is 38.8 Å². The van der Waals surface area contributed by atoms with E-state index < -0.39 is 31.1 Å². The van der Waals surface area contributed by atoms with Crippen LogP contribution in [0.1, 0.15) is 60.3 Å². The summed E-state index contributed by atoms with van der Waals surface area (Å²) < 4.78 is 6.05. The van der Waals surface area contributed by atoms with Crippen LogP contribution in [0.5, 0.6) is 0 Å². The van der Waals surface area contributed by atoms with Crippen LogP contribution >= 0.6 is 0 Å². The minimum Gasteiger partial charge on any atom is -0.440 e. The summed E-state index contributed by atoms with van der Waals surface area (Å²) in [6.07, 6.45) is 1.97. The molecule has 9 heteroatoms. The van der Waals surface area contributed by atoms with Crippen LogP contribution in [0.2, 0.25) is 5.04 Å². The number of hydrogen-bond donors (Lipinski definition) is 1. The number of ketones is 1. The molecule has 3 atom stereocenters. The monoisotopic (exact) mass is 536 g/mol. The van der Waals surface area contributed by atoms with E-state index in [1.54, 1.807) is 0 Å². The first-order valence-corrected chi connectivity index (χ1v) is 15.3. The molecule has 0 saturated carbocycles. The summed E-state index contributed by atoms with van der Waals surface area (Å²) in [5.41, 5.74) is 7.46. The molecule has 0 aromatic heterocycles. The van der Waals surface area contributed by atoms with E-state index in [0.717, 1.165) is 10.4 Å². The SMILES string of the molecule is CC[C@@H](CC(C)(C)[Si](O)(c1ccccc1)c1ccccc1)[C@@]1(C)OC(=O)N(CCCCN=[N+]=[N-])[C@@H]1C(C)=O. The quantitative estimate of drug-likeness (QED) is 0.125. The molecule has 1 heterocycles. The van der Waals surface area contributed by atoms with Crippen molar-refractivity contribution >= 4 is 30.6 Å². The summed E-state index contributed by atoms with van der Waals surface area (Å²) in [5.74, 6) is -0.293. The van der Waals surface area contributed by atoms with Crippen molar-refractivity contribution in [3.63, 3.8) is 0 Å². The minimum absolute atomic E-state index is 0.122. The van der Waals surface area contributed by atoms with Crippen molar-refractivity contribution in [3.8, 4) is 0 Å². The summed E-state index contributed by atoms with van der Waals surface area (Å²) in [7, 11) is -3.29. The topological polar surface area (TPSA) is 116 Å². The molecule has 2 aromatic carbocycles. The largest absolute Gasteiger partial charge is 0.440 e. The van der Waals surface area contributed by atoms with E-state index >= 15 is 0 Å². The smallest absolute Gasteiger partial charge is 0.411 e. The molecule has 204 valence electrons. The van der Waals surface area contributed by atoms with Crippen molar-refractivity contribution in [1.82, 2.24) is 4.90 Å². The number of ether oxygens (including phenoxy) is 1. The average molecular weight is 537 g/mol. The van der Waals surface area contributed by atoms with E-state index in [9.17, 15) is 14.4 Å². The molecular weight excluding hydrogens is 496 g/mol. The number of azide groups is 1. The Morgan fingerprint density at radius 1 is 1.16 bits per heavy atom. The lowest BCUT2D eigenvalue weighted by Gasteiger charge is -2.46. The fourth-order valence-electron chi connectivity index (χ4n) is 6.20. The molecule has 1 N–H and O–H groups in total. The van der Waals surface area contributed by atoms with Crippen LogP contribution in [0.25, 0.3) is 10.4 Å². The van der Waals surface area contributed by atoms with Crippen molar-refractivity contribution < 1.29 is 19.1 Å². The molecule has 2 aromatic rings. The molecule has 0 radical (unpaired) electrons. The Bertz CT molecular complexity index is 1110. The maximum Gasteiger partial charge on any atom is 0.411 e. The highest BCUT2D eigenvalue weighted by Crippen LogP contribution is 2.48. The predicted molar refractivity (Wildman–Crippen MR) is 152 cm³/mol. The summed E-state index contributed by atoms with van der Waals surface area (Å²) in [5, 5.41) is 4.83. The van der Waals surface area contributed by atoms with Crippen molar-refractivity contribution in [2.75, 3.05) is 13.1 Å². The highest BCUT2D eigenvalue weighted by Gasteiger charge is 2.59. The number of Topliss-reactive ketones (excluding diaryl/α,β-unsaturated/α-hetero) is 1. The molecule has 1 fully saturated rings. The molecule has 1 amide bonds. The molecule has 8 nitrogen and oxygen atoms in total. The van der Waals surface area contributed by atoms with E-state index in [2.05, 4.69) is 23.9 Å². The lowest BCUT2D eigenvalue weighted by molar-refractivity contribution is -0.126. The Kier molecular flexibility index (Phi) is 9.41. The molecular formula is C29H40N4O4Si. The number of amides is 1. The number of carbonyl (C=O) groups excluding carboxylic acids is 2. The molecule has 0 bridgehead atoms. The van der Waals surface area contributed by atoms with E-state index in [1.165, 1.54) is 11.8 Å². The number of cyclic esters (lactones) is 1. The number of benzene rings is 2. The van der Waals surface area contributed by atoms with Gasteiger partial charge in [-0.05, 0) is 60.5 Å². The molecule has 1 aliphatic heterocycles. The van der Waals surface area contributed by atoms with Crippen LogP contribution in [0.3, 0.4) is 0 Å². The first-order chi connectivity index (χ1) is 18.0. The molecule has 0 spiro atoms. The fourth-order valence-corrected chi connectivity index (χ4v) is 9.99. The Morgan fingerprint density at radius 3 is 2.18 bits per heavy atom. The Labute approximate surface area is 226 Å². The standard InChI is InChI=1S/C29H40N4O4Si/c1-6-23(29(5)26(22(2)34)33(27(35)37-29)20-14-13-19-31-32-30)21-28(3,4)38(36,24-15-9-7-10-16-24)25-17-11-8-12-18-25/h7-12,15-18,23,26,36H,6,13-14,19-21H2,1-5H3/t23-,26+,29+/m0/s1. The maximum atomic E-state index is 13.1. The Morgan fingerprint density at radius 2 is 1.71 bits per heavy atom. The van der Waals surface area contributed by atoms with Gasteiger partial charge in [0.25, 0.3) is 8.32 Å². The number of hydrogen-bond acceptors (Lipinski definition) is 5. The Balaban J connectivity index is 1.97. The van der Waals surface area contributed by atoms with E-state index in [-0.39, 0.29) is 11.7 Å². The molecule has 38 heavy (non-hydrogen) atoms. The van der Waals surface area contributed by atoms with Crippen LogP contribution < -0.4 is 10.4 Å². The first kappa shape index (κ1) is 29.4. The van der Waals surface area contributed by atoms with Gasteiger partial charge in [0.1, 0.15) is 11.6 Å². The van der Waals surface area contributed by atoms with Crippen molar-refractivity contribution in [2.45, 2.75) is 77.0 Å². The van der Waals surface area contributed by atoms with Crippen LogP contribution in [0, 0.1) is 5.92 Å². The van der Waals surface area contributed by atoms with E-state index in [1.807, 2.05) is 74.5 Å². The fraction of sp³-hybridized carbons (Fsp3) is 0.517. The van der Waals surface area contributed by atoms with Crippen molar-refractivity contribution in [3.05, 3.63) is 71.1 Å². The molecule has 0 aliphatic carbocycles. The van der Waals surface area contributed by atoms with Crippen LogP contribution in [-0.2, 0) is 9.53 Å². The maximum absolute atomic E-state index is 13.1. The second-order valence-electron chi connectivity index (χ2n) is 11.1. The second-order valence-corrected chi connectivity index (χ2v) is 15.0. The number of carbonyl (C=O) groups is 2. The van der Waals surface area contributed by atoms with Gasteiger partial charge in [0.15, 0.2) is 5.78 Å². The van der Waals surface area contributed by atoms with Crippen molar-refractivity contribution in [2.24, 2.45) is 11.0 Å². The van der Waals surface area contributed by atoms with E-state index in [4.69, 9.17) is 10.3 Å². The summed E-state index contributed by atoms with van der Waals surface area (Å²) in [4.78, 5) is 43.0. The van der Waals surface area contributed by atoms with Crippen LogP contribution in [-0.4, -0.2) is 54.6 Å². The molecule has 0 unspecified atom stereocenters. The minimum atomic E-state index is -3.29. The lowest BCUT2D eigenvalue weighted by Crippen LogP contribution is -2.66. The lowest BCUT2D eigenvalue weighted by atomic mass is 9.75. The van der Waals surface area contributed by atoms with Crippen LogP contribution in [0.4, 0.5) is 4.79 Å². The van der Waals surface area contributed by atoms with Gasteiger partial charge in [-0.15, -0.1) is 0 Å². The third kappa shape index (κ3) is 5.65. The van der Waals surface area contributed by atoms with Gasteiger partial charge in [0, 0.05) is 23.9 Å².